The monoisotopic (exact) mass is 622 g/mol. The maximum absolute atomic E-state index is 11.4. The number of hydrogen-bond acceptors (Lipinski definition) is 6. The minimum atomic E-state index is -0.0633. The van der Waals surface area contributed by atoms with Crippen molar-refractivity contribution in [3.05, 3.63) is 47.5 Å². The van der Waals surface area contributed by atoms with Crippen LogP contribution in [0.25, 0.3) is 11.1 Å². The van der Waals surface area contributed by atoms with Gasteiger partial charge in [0, 0.05) is 12.8 Å². The van der Waals surface area contributed by atoms with Crippen LogP contribution in [0.2, 0.25) is 0 Å². The fourth-order valence-corrected chi connectivity index (χ4v) is 6.05. The largest absolute Gasteiger partial charge is 0.494 e. The van der Waals surface area contributed by atoms with Crippen LogP contribution >= 0.6 is 0 Å². The molecule has 1 aliphatic carbocycles. The first-order valence-corrected chi connectivity index (χ1v) is 17.9. The van der Waals surface area contributed by atoms with E-state index in [2.05, 4.69) is 36.4 Å². The zero-order chi connectivity index (χ0) is 32.0. The Morgan fingerprint density at radius 2 is 0.867 bits per heavy atom. The first kappa shape index (κ1) is 36.4. The molecule has 0 unspecified atom stereocenters. The average molecular weight is 623 g/mol. The van der Waals surface area contributed by atoms with Gasteiger partial charge in [-0.25, -0.2) is 0 Å². The van der Waals surface area contributed by atoms with E-state index in [0.29, 0.717) is 26.1 Å². The number of carbonyl (C=O) groups is 2. The molecule has 0 atom stereocenters. The van der Waals surface area contributed by atoms with Crippen molar-refractivity contribution in [2.24, 2.45) is 0 Å². The minimum Gasteiger partial charge on any atom is -0.494 e. The van der Waals surface area contributed by atoms with Crippen molar-refractivity contribution in [1.82, 2.24) is 0 Å². The third-order valence-electron chi connectivity index (χ3n) is 8.52. The molecular formula is C39H58O6. The Labute approximate surface area is 272 Å². The molecule has 1 aliphatic rings. The first-order valence-electron chi connectivity index (χ1n) is 17.9. The van der Waals surface area contributed by atoms with Crippen LogP contribution in [0.15, 0.2) is 36.4 Å². The Hall–Kier alpha value is -3.02. The Balaban J connectivity index is 1.20. The minimum absolute atomic E-state index is 0.0633. The van der Waals surface area contributed by atoms with E-state index in [1.54, 1.807) is 0 Å². The maximum Gasteiger partial charge on any atom is 0.305 e. The van der Waals surface area contributed by atoms with Crippen LogP contribution in [0, 0.1) is 0 Å². The fourth-order valence-electron chi connectivity index (χ4n) is 6.05. The summed E-state index contributed by atoms with van der Waals surface area (Å²) in [5, 5.41) is 0. The van der Waals surface area contributed by atoms with Crippen molar-refractivity contribution >= 4 is 11.9 Å². The molecule has 250 valence electrons. The fraction of sp³-hybridized carbons (Fsp3) is 0.641. The van der Waals surface area contributed by atoms with Crippen LogP contribution in [0.1, 0.15) is 141 Å². The second kappa shape index (κ2) is 22.5. The molecule has 45 heavy (non-hydrogen) atoms. The SMILES string of the molecule is CCOC(=O)CCCCCCCCCCOc1ccc2c(c1)Cc1cc(OCCCCCCCCCCC(=O)OCC)ccc1-2. The molecule has 6 nitrogen and oxygen atoms in total. The lowest BCUT2D eigenvalue weighted by molar-refractivity contribution is -0.144. The van der Waals surface area contributed by atoms with E-state index in [0.717, 1.165) is 69.7 Å². The summed E-state index contributed by atoms with van der Waals surface area (Å²) in [6.07, 6.45) is 20.6. The summed E-state index contributed by atoms with van der Waals surface area (Å²) in [7, 11) is 0. The van der Waals surface area contributed by atoms with Crippen molar-refractivity contribution in [2.75, 3.05) is 26.4 Å². The van der Waals surface area contributed by atoms with Gasteiger partial charge in [-0.15, -0.1) is 0 Å². The molecule has 0 aliphatic heterocycles. The van der Waals surface area contributed by atoms with Gasteiger partial charge in [0.15, 0.2) is 0 Å². The molecule has 0 saturated carbocycles. The summed E-state index contributed by atoms with van der Waals surface area (Å²) < 4.78 is 22.2. The van der Waals surface area contributed by atoms with Gasteiger partial charge in [-0.05, 0) is 92.5 Å². The molecule has 0 aromatic heterocycles. The molecule has 3 rings (SSSR count). The number of hydrogen-bond donors (Lipinski definition) is 0. The van der Waals surface area contributed by atoms with Gasteiger partial charge in [-0.2, -0.15) is 0 Å². The Kier molecular flexibility index (Phi) is 18.2. The van der Waals surface area contributed by atoms with Gasteiger partial charge >= 0.3 is 11.9 Å². The number of rotatable bonds is 26. The van der Waals surface area contributed by atoms with Crippen LogP contribution in [0.5, 0.6) is 11.5 Å². The molecular weight excluding hydrogens is 564 g/mol. The van der Waals surface area contributed by atoms with Crippen LogP contribution in [0.4, 0.5) is 0 Å². The average Bonchev–Trinajstić information content (AvgIpc) is 3.39. The molecule has 6 heteroatoms. The molecule has 0 saturated heterocycles. The molecule has 0 amide bonds. The van der Waals surface area contributed by atoms with Crippen molar-refractivity contribution in [3.8, 4) is 22.6 Å². The highest BCUT2D eigenvalue weighted by Gasteiger charge is 2.19. The van der Waals surface area contributed by atoms with E-state index in [1.165, 1.54) is 86.5 Å². The third kappa shape index (κ3) is 14.7. The zero-order valence-electron chi connectivity index (χ0n) is 28.2. The normalized spacial score (nSPS) is 11.6. The third-order valence-corrected chi connectivity index (χ3v) is 8.52. The molecule has 0 fully saturated rings. The van der Waals surface area contributed by atoms with Crippen molar-refractivity contribution < 1.29 is 28.5 Å². The van der Waals surface area contributed by atoms with Gasteiger partial charge in [0.05, 0.1) is 26.4 Å². The molecule has 2 aromatic rings. The van der Waals surface area contributed by atoms with E-state index in [1.807, 2.05) is 13.8 Å². The number of carbonyl (C=O) groups excluding carboxylic acids is 2. The standard InChI is InChI=1S/C39H58O6/c1-3-42-38(40)21-17-13-9-5-7-11-15-19-27-44-34-23-25-36-32(30-34)29-33-31-35(24-26-37(33)36)45-28-20-16-12-8-6-10-14-18-22-39(41)43-4-2/h23-26,30-31H,3-22,27-29H2,1-2H3. The number of unbranched alkanes of at least 4 members (excludes halogenated alkanes) is 14. The summed E-state index contributed by atoms with van der Waals surface area (Å²) in [5.41, 5.74) is 5.30. The lowest BCUT2D eigenvalue weighted by Crippen LogP contribution is -2.03. The van der Waals surface area contributed by atoms with Gasteiger partial charge < -0.3 is 18.9 Å². The zero-order valence-corrected chi connectivity index (χ0v) is 28.2. The van der Waals surface area contributed by atoms with Crippen LogP contribution in [-0.2, 0) is 25.5 Å². The summed E-state index contributed by atoms with van der Waals surface area (Å²) in [5.74, 6) is 1.81. The van der Waals surface area contributed by atoms with Gasteiger partial charge in [0.25, 0.3) is 0 Å². The Morgan fingerprint density at radius 3 is 1.24 bits per heavy atom. The smallest absolute Gasteiger partial charge is 0.305 e. The van der Waals surface area contributed by atoms with Crippen molar-refractivity contribution in [1.29, 1.82) is 0 Å². The summed E-state index contributed by atoms with van der Waals surface area (Å²) in [6, 6.07) is 13.1. The van der Waals surface area contributed by atoms with Crippen LogP contribution < -0.4 is 9.47 Å². The second-order valence-corrected chi connectivity index (χ2v) is 12.3. The van der Waals surface area contributed by atoms with E-state index in [9.17, 15) is 9.59 Å². The van der Waals surface area contributed by atoms with E-state index in [4.69, 9.17) is 18.9 Å². The highest BCUT2D eigenvalue weighted by atomic mass is 16.5. The quantitative estimate of drug-likeness (QED) is 0.0655. The first-order chi connectivity index (χ1) is 22.1. The second-order valence-electron chi connectivity index (χ2n) is 12.3. The summed E-state index contributed by atoms with van der Waals surface area (Å²) >= 11 is 0. The predicted molar refractivity (Wildman–Crippen MR) is 182 cm³/mol. The Morgan fingerprint density at radius 1 is 0.511 bits per heavy atom. The summed E-state index contributed by atoms with van der Waals surface area (Å²) in [6.45, 7) is 6.20. The maximum atomic E-state index is 11.4. The van der Waals surface area contributed by atoms with Gasteiger partial charge in [0.2, 0.25) is 0 Å². The molecule has 0 bridgehead atoms. The highest BCUT2D eigenvalue weighted by molar-refractivity contribution is 5.78. The van der Waals surface area contributed by atoms with E-state index >= 15 is 0 Å². The lowest BCUT2D eigenvalue weighted by atomic mass is 10.1. The topological polar surface area (TPSA) is 71.1 Å². The predicted octanol–water partition coefficient (Wildman–Crippen LogP) is 10.2. The van der Waals surface area contributed by atoms with Gasteiger partial charge in [-0.1, -0.05) is 89.2 Å². The van der Waals surface area contributed by atoms with Crippen molar-refractivity contribution in [2.45, 2.75) is 136 Å². The molecule has 0 N–H and O–H groups in total. The number of ether oxygens (including phenoxy) is 4. The summed E-state index contributed by atoms with van der Waals surface area (Å²) in [4.78, 5) is 22.7. The number of esters is 2. The van der Waals surface area contributed by atoms with Crippen LogP contribution in [-0.4, -0.2) is 38.4 Å². The molecule has 2 aromatic carbocycles. The molecule has 0 heterocycles. The van der Waals surface area contributed by atoms with Gasteiger partial charge in [0.1, 0.15) is 11.5 Å². The van der Waals surface area contributed by atoms with Crippen LogP contribution in [0.3, 0.4) is 0 Å². The number of fused-ring (bicyclic) bond motifs is 3. The van der Waals surface area contributed by atoms with E-state index < -0.39 is 0 Å². The lowest BCUT2D eigenvalue weighted by Gasteiger charge is -2.09. The molecule has 0 spiro atoms. The van der Waals surface area contributed by atoms with Gasteiger partial charge in [-0.3, -0.25) is 9.59 Å². The van der Waals surface area contributed by atoms with Crippen molar-refractivity contribution in [3.63, 3.8) is 0 Å². The highest BCUT2D eigenvalue weighted by Crippen LogP contribution is 2.40. The van der Waals surface area contributed by atoms with E-state index in [-0.39, 0.29) is 11.9 Å². The number of benzene rings is 2. The Bertz CT molecular complexity index is 1040. The molecule has 0 radical (unpaired) electrons.